The molecule has 0 bridgehead atoms. The van der Waals surface area contributed by atoms with Gasteiger partial charge in [0.05, 0.1) is 12.2 Å². The number of hydrogen-bond donors (Lipinski definition) is 2. The molecule has 1 aromatic rings. The first-order chi connectivity index (χ1) is 8.75. The number of carboxylic acids is 1. The summed E-state index contributed by atoms with van der Waals surface area (Å²) in [7, 11) is -4.04. The highest BCUT2D eigenvalue weighted by molar-refractivity contribution is 7.93. The molecule has 7 nitrogen and oxygen atoms in total. The van der Waals surface area contributed by atoms with Gasteiger partial charge in [-0.1, -0.05) is 0 Å². The summed E-state index contributed by atoms with van der Waals surface area (Å²) in [5.74, 6) is -3.19. The molecular weight excluding hydrogens is 294 g/mol. The van der Waals surface area contributed by atoms with Gasteiger partial charge in [0.2, 0.25) is 10.0 Å². The first-order valence-electron chi connectivity index (χ1n) is 5.25. The molecule has 0 aliphatic rings. The number of nitrogens with one attached hydrogen (secondary N) is 1. The van der Waals surface area contributed by atoms with Crippen LogP contribution in [0.25, 0.3) is 0 Å². The number of esters is 1. The molecule has 106 valence electrons. The smallest absolute Gasteiger partial charge is 0.341 e. The third kappa shape index (κ3) is 4.52. The highest BCUT2D eigenvalue weighted by Gasteiger charge is 2.22. The molecule has 2 N–H and O–H groups in total. The molecule has 0 unspecified atom stereocenters. The van der Waals surface area contributed by atoms with Crippen LogP contribution in [0.4, 0.5) is 5.00 Å². The Hall–Kier alpha value is -1.61. The van der Waals surface area contributed by atoms with Crippen LogP contribution in [0.1, 0.15) is 22.2 Å². The molecule has 0 amide bonds. The van der Waals surface area contributed by atoms with Crippen molar-refractivity contribution < 1.29 is 27.9 Å². The fourth-order valence-electron chi connectivity index (χ4n) is 1.29. The SMILES string of the molecule is CCOC(=O)c1cc(C)sc1NS(=O)(=O)CC(=O)O. The van der Waals surface area contributed by atoms with E-state index < -0.39 is 27.7 Å². The molecule has 0 fully saturated rings. The summed E-state index contributed by atoms with van der Waals surface area (Å²) in [5, 5.41) is 8.55. The summed E-state index contributed by atoms with van der Waals surface area (Å²) >= 11 is 1.04. The zero-order chi connectivity index (χ0) is 14.6. The van der Waals surface area contributed by atoms with E-state index in [1.165, 1.54) is 6.07 Å². The van der Waals surface area contributed by atoms with Gasteiger partial charge in [0.15, 0.2) is 5.75 Å². The Labute approximate surface area is 114 Å². The molecule has 1 rings (SSSR count). The van der Waals surface area contributed by atoms with Crippen LogP contribution in [0, 0.1) is 6.92 Å². The number of aliphatic carboxylic acids is 1. The number of rotatable bonds is 6. The van der Waals surface area contributed by atoms with Crippen molar-refractivity contribution in [1.29, 1.82) is 0 Å². The molecule has 1 aromatic heterocycles. The van der Waals surface area contributed by atoms with Gasteiger partial charge < -0.3 is 9.84 Å². The zero-order valence-electron chi connectivity index (χ0n) is 10.3. The van der Waals surface area contributed by atoms with Crippen molar-refractivity contribution in [1.82, 2.24) is 0 Å². The van der Waals surface area contributed by atoms with Crippen LogP contribution in [0.2, 0.25) is 0 Å². The Morgan fingerprint density at radius 3 is 2.63 bits per heavy atom. The van der Waals surface area contributed by atoms with Crippen molar-refractivity contribution in [2.45, 2.75) is 13.8 Å². The largest absolute Gasteiger partial charge is 0.480 e. The van der Waals surface area contributed by atoms with Gasteiger partial charge in [0.25, 0.3) is 0 Å². The highest BCUT2D eigenvalue weighted by Crippen LogP contribution is 2.29. The molecule has 0 aromatic carbocycles. The number of sulfonamides is 1. The molecule has 9 heteroatoms. The van der Waals surface area contributed by atoms with Crippen molar-refractivity contribution in [3.8, 4) is 0 Å². The van der Waals surface area contributed by atoms with Gasteiger partial charge in [-0.15, -0.1) is 11.3 Å². The Bertz CT molecular complexity index is 589. The van der Waals surface area contributed by atoms with E-state index in [9.17, 15) is 18.0 Å². The first kappa shape index (κ1) is 15.4. The number of carbonyl (C=O) groups excluding carboxylic acids is 1. The lowest BCUT2D eigenvalue weighted by atomic mass is 10.3. The average molecular weight is 307 g/mol. The lowest BCUT2D eigenvalue weighted by Gasteiger charge is -2.06. The number of anilines is 1. The van der Waals surface area contributed by atoms with Crippen LogP contribution < -0.4 is 4.72 Å². The topological polar surface area (TPSA) is 110 Å². The first-order valence-corrected chi connectivity index (χ1v) is 7.72. The quantitative estimate of drug-likeness (QED) is 0.760. The second-order valence-corrected chi connectivity index (χ2v) is 6.55. The predicted octanol–water partition coefficient (Wildman–Crippen LogP) is 1.06. The van der Waals surface area contributed by atoms with Crippen molar-refractivity contribution in [3.63, 3.8) is 0 Å². The lowest BCUT2D eigenvalue weighted by molar-refractivity contribution is -0.134. The normalized spacial score (nSPS) is 11.1. The van der Waals surface area contributed by atoms with Gasteiger partial charge in [0, 0.05) is 4.88 Å². The Morgan fingerprint density at radius 1 is 1.47 bits per heavy atom. The van der Waals surface area contributed by atoms with E-state index in [1.54, 1.807) is 13.8 Å². The number of ether oxygens (including phenoxy) is 1. The van der Waals surface area contributed by atoms with Crippen molar-refractivity contribution >= 4 is 38.3 Å². The van der Waals surface area contributed by atoms with E-state index >= 15 is 0 Å². The third-order valence-electron chi connectivity index (χ3n) is 1.91. The molecule has 0 saturated heterocycles. The molecule has 0 saturated carbocycles. The van der Waals surface area contributed by atoms with Crippen molar-refractivity contribution in [2.24, 2.45) is 0 Å². The van der Waals surface area contributed by atoms with E-state index in [0.29, 0.717) is 4.88 Å². The second-order valence-electron chi connectivity index (χ2n) is 3.58. The summed E-state index contributed by atoms with van der Waals surface area (Å²) in [6.45, 7) is 3.49. The van der Waals surface area contributed by atoms with Crippen molar-refractivity contribution in [3.05, 3.63) is 16.5 Å². The maximum Gasteiger partial charge on any atom is 0.341 e. The molecule has 0 atom stereocenters. The molecule has 1 heterocycles. The van der Waals surface area contributed by atoms with Crippen LogP contribution in [-0.2, 0) is 19.6 Å². The summed E-state index contributed by atoms with van der Waals surface area (Å²) in [5.41, 5.74) is 0.0818. The minimum Gasteiger partial charge on any atom is -0.480 e. The summed E-state index contributed by atoms with van der Waals surface area (Å²) < 4.78 is 29.9. The van der Waals surface area contributed by atoms with Crippen LogP contribution >= 0.6 is 11.3 Å². The minimum atomic E-state index is -4.04. The highest BCUT2D eigenvalue weighted by atomic mass is 32.2. The summed E-state index contributed by atoms with van der Waals surface area (Å²) in [6, 6.07) is 1.49. The zero-order valence-corrected chi connectivity index (χ0v) is 11.9. The lowest BCUT2D eigenvalue weighted by Crippen LogP contribution is -2.23. The molecule has 0 aliphatic heterocycles. The predicted molar refractivity (Wildman–Crippen MR) is 70.1 cm³/mol. The molecular formula is C10H13NO6S2. The fraction of sp³-hybridized carbons (Fsp3) is 0.400. The summed E-state index contributed by atoms with van der Waals surface area (Å²) in [6.07, 6.45) is 0. The van der Waals surface area contributed by atoms with Crippen LogP contribution in [0.5, 0.6) is 0 Å². The number of thiophene rings is 1. The third-order valence-corrected chi connectivity index (χ3v) is 4.15. The second kappa shape index (κ2) is 6.02. The Balaban J connectivity index is 3.01. The van der Waals surface area contributed by atoms with Gasteiger partial charge in [-0.05, 0) is 19.9 Å². The number of carbonyl (C=O) groups is 2. The maximum absolute atomic E-state index is 11.6. The minimum absolute atomic E-state index is 0.0669. The molecule has 0 spiro atoms. The van der Waals surface area contributed by atoms with E-state index in [-0.39, 0.29) is 17.2 Å². The summed E-state index contributed by atoms with van der Waals surface area (Å²) in [4.78, 5) is 22.7. The van der Waals surface area contributed by atoms with E-state index in [0.717, 1.165) is 11.3 Å². The average Bonchev–Trinajstić information content (AvgIpc) is 2.56. The van der Waals surface area contributed by atoms with Gasteiger partial charge >= 0.3 is 11.9 Å². The molecule has 0 aliphatic carbocycles. The van der Waals surface area contributed by atoms with Crippen molar-refractivity contribution in [2.75, 3.05) is 17.1 Å². The number of carboxylic acid groups (broad SMARTS) is 1. The van der Waals surface area contributed by atoms with Crippen LogP contribution in [-0.4, -0.2) is 37.8 Å². The van der Waals surface area contributed by atoms with E-state index in [2.05, 4.69) is 4.72 Å². The van der Waals surface area contributed by atoms with Gasteiger partial charge in [-0.3, -0.25) is 9.52 Å². The molecule has 19 heavy (non-hydrogen) atoms. The van der Waals surface area contributed by atoms with E-state index in [4.69, 9.17) is 9.84 Å². The maximum atomic E-state index is 11.6. The van der Waals surface area contributed by atoms with Gasteiger partial charge in [-0.2, -0.15) is 0 Å². The Kier molecular flexibility index (Phi) is 4.90. The monoisotopic (exact) mass is 307 g/mol. The van der Waals surface area contributed by atoms with Crippen LogP contribution in [0.15, 0.2) is 6.07 Å². The van der Waals surface area contributed by atoms with Gasteiger partial charge in [-0.25, -0.2) is 13.2 Å². The number of aryl methyl sites for hydroxylation is 1. The number of hydrogen-bond acceptors (Lipinski definition) is 6. The Morgan fingerprint density at radius 2 is 2.11 bits per heavy atom. The van der Waals surface area contributed by atoms with E-state index in [1.807, 2.05) is 0 Å². The standard InChI is InChI=1S/C10H13NO6S2/c1-3-17-10(14)7-4-6(2)18-9(7)11-19(15,16)5-8(12)13/h4,11H,3,5H2,1-2H3,(H,12,13). The fourth-order valence-corrected chi connectivity index (χ4v) is 3.38. The molecule has 0 radical (unpaired) electrons. The van der Waals surface area contributed by atoms with Gasteiger partial charge in [0.1, 0.15) is 5.00 Å². The van der Waals surface area contributed by atoms with Crippen LogP contribution in [0.3, 0.4) is 0 Å².